The van der Waals surface area contributed by atoms with Crippen LogP contribution in [0, 0.1) is 22.9 Å². The fourth-order valence-corrected chi connectivity index (χ4v) is 3.43. The van der Waals surface area contributed by atoms with Crippen LogP contribution in [0.2, 0.25) is 0 Å². The van der Waals surface area contributed by atoms with E-state index in [1.165, 1.54) is 47.4 Å². The van der Waals surface area contributed by atoms with Gasteiger partial charge in [0.05, 0.1) is 10.6 Å². The van der Waals surface area contributed by atoms with E-state index in [1.807, 2.05) is 0 Å². The topological polar surface area (TPSA) is 97.8 Å². The maximum Gasteiger partial charge on any atom is 0.281 e. The molecule has 32 heavy (non-hydrogen) atoms. The molecule has 1 aliphatic heterocycles. The molecule has 0 saturated carbocycles. The molecule has 0 spiro atoms. The third-order valence-corrected chi connectivity index (χ3v) is 4.96. The minimum atomic E-state index is -0.452. The van der Waals surface area contributed by atoms with Crippen molar-refractivity contribution in [3.05, 3.63) is 93.3 Å². The van der Waals surface area contributed by atoms with Crippen molar-refractivity contribution in [2.45, 2.75) is 13.5 Å². The summed E-state index contributed by atoms with van der Waals surface area (Å²) in [4.78, 5) is 24.5. The average molecular weight is 453 g/mol. The Morgan fingerprint density at radius 2 is 1.97 bits per heavy atom. The van der Waals surface area contributed by atoms with E-state index in [9.17, 15) is 19.3 Å². The van der Waals surface area contributed by atoms with Gasteiger partial charge in [0.25, 0.3) is 11.6 Å². The number of halogens is 1. The lowest BCUT2D eigenvalue weighted by atomic mass is 10.2. The molecule has 10 heteroatoms. The van der Waals surface area contributed by atoms with E-state index >= 15 is 0 Å². The number of ether oxygens (including phenoxy) is 1. The van der Waals surface area contributed by atoms with Crippen molar-refractivity contribution in [1.29, 1.82) is 0 Å². The number of nitrogens with zero attached hydrogens (tertiary/aromatic N) is 2. The molecule has 2 heterocycles. The highest BCUT2D eigenvalue weighted by Gasteiger charge is 2.32. The Bertz CT molecular complexity index is 1250. The first-order valence-corrected chi connectivity index (χ1v) is 9.82. The molecule has 0 unspecified atom stereocenters. The van der Waals surface area contributed by atoms with Crippen LogP contribution in [0.5, 0.6) is 5.75 Å². The summed E-state index contributed by atoms with van der Waals surface area (Å²) in [6.45, 7) is 1.73. The van der Waals surface area contributed by atoms with Crippen molar-refractivity contribution >= 4 is 40.7 Å². The highest BCUT2D eigenvalue weighted by Crippen LogP contribution is 2.25. The molecular weight excluding hydrogens is 437 g/mol. The van der Waals surface area contributed by atoms with E-state index in [1.54, 1.807) is 25.1 Å². The van der Waals surface area contributed by atoms with Gasteiger partial charge >= 0.3 is 0 Å². The fourth-order valence-electron chi connectivity index (χ4n) is 3.13. The van der Waals surface area contributed by atoms with E-state index in [-0.39, 0.29) is 23.1 Å². The number of amides is 1. The number of furan rings is 1. The van der Waals surface area contributed by atoms with Gasteiger partial charge in [0.1, 0.15) is 35.4 Å². The normalized spacial score (nSPS) is 14.7. The van der Waals surface area contributed by atoms with Gasteiger partial charge in [0, 0.05) is 17.7 Å². The van der Waals surface area contributed by atoms with Crippen LogP contribution < -0.4 is 15.0 Å². The molecule has 162 valence electrons. The lowest BCUT2D eigenvalue weighted by Crippen LogP contribution is -2.30. The Morgan fingerprint density at radius 3 is 2.66 bits per heavy atom. The van der Waals surface area contributed by atoms with Crippen molar-refractivity contribution in [3.63, 3.8) is 0 Å². The molecule has 0 atom stereocenters. The monoisotopic (exact) mass is 453 g/mol. The highest BCUT2D eigenvalue weighted by molar-refractivity contribution is 7.80. The van der Waals surface area contributed by atoms with Crippen LogP contribution in [0.15, 0.2) is 64.7 Å². The molecule has 1 aromatic heterocycles. The number of benzene rings is 2. The molecule has 2 aromatic carbocycles. The van der Waals surface area contributed by atoms with Crippen LogP contribution in [0.1, 0.15) is 17.1 Å². The molecule has 1 N–H and O–H groups in total. The van der Waals surface area contributed by atoms with E-state index in [4.69, 9.17) is 21.4 Å². The molecule has 8 nitrogen and oxygen atoms in total. The van der Waals surface area contributed by atoms with Crippen LogP contribution in [0.25, 0.3) is 6.08 Å². The number of nitrogens with one attached hydrogen (secondary N) is 1. The molecule has 1 aliphatic rings. The number of hydrogen-bond acceptors (Lipinski definition) is 6. The molecule has 3 aromatic rings. The summed E-state index contributed by atoms with van der Waals surface area (Å²) in [5, 5.41) is 13.9. The zero-order chi connectivity index (χ0) is 22.8. The van der Waals surface area contributed by atoms with Crippen LogP contribution >= 0.6 is 12.2 Å². The third-order valence-electron chi connectivity index (χ3n) is 4.68. The van der Waals surface area contributed by atoms with Gasteiger partial charge in [-0.1, -0.05) is 0 Å². The quantitative estimate of drug-likeness (QED) is 0.254. The number of hydrogen-bond donors (Lipinski definition) is 1. The van der Waals surface area contributed by atoms with Crippen LogP contribution in [0.4, 0.5) is 15.8 Å². The largest absolute Gasteiger partial charge is 0.486 e. The minimum Gasteiger partial charge on any atom is -0.486 e. The zero-order valence-corrected chi connectivity index (χ0v) is 17.5. The summed E-state index contributed by atoms with van der Waals surface area (Å²) in [6.07, 6.45) is 1.51. The first-order chi connectivity index (χ1) is 15.3. The Kier molecular flexibility index (Phi) is 5.69. The summed E-state index contributed by atoms with van der Waals surface area (Å²) in [5.74, 6) is 0.568. The summed E-state index contributed by atoms with van der Waals surface area (Å²) in [6, 6.07) is 13.3. The second-order valence-electron chi connectivity index (χ2n) is 6.90. The standard InChI is InChI=1S/C22H16FN3O5S/c1-13-10-16(8-9-20(13)26(28)29)30-12-18-7-6-17(31-18)11-19-21(27)25(22(32)24-19)15-4-2-14(23)3-5-15/h2-11H,12H2,1H3,(H,24,32)/b19-11+. The Balaban J connectivity index is 1.44. The molecule has 0 aliphatic carbocycles. The Morgan fingerprint density at radius 1 is 1.22 bits per heavy atom. The van der Waals surface area contributed by atoms with Crippen molar-refractivity contribution in [3.8, 4) is 5.75 Å². The lowest BCUT2D eigenvalue weighted by Gasteiger charge is -2.13. The van der Waals surface area contributed by atoms with E-state index < -0.39 is 16.6 Å². The molecule has 0 bridgehead atoms. The summed E-state index contributed by atoms with van der Waals surface area (Å²) < 4.78 is 24.5. The van der Waals surface area contributed by atoms with Crippen molar-refractivity contribution in [2.75, 3.05) is 4.90 Å². The number of carbonyl (C=O) groups is 1. The van der Waals surface area contributed by atoms with Crippen LogP contribution in [-0.4, -0.2) is 15.9 Å². The fraction of sp³-hybridized carbons (Fsp3) is 0.0909. The van der Waals surface area contributed by atoms with Gasteiger partial charge in [-0.2, -0.15) is 0 Å². The van der Waals surface area contributed by atoms with Crippen molar-refractivity contribution in [1.82, 2.24) is 5.32 Å². The third kappa shape index (κ3) is 4.35. The van der Waals surface area contributed by atoms with Gasteiger partial charge in [-0.05, 0) is 67.7 Å². The smallest absolute Gasteiger partial charge is 0.281 e. The Hall–Kier alpha value is -4.05. The van der Waals surface area contributed by atoms with Gasteiger partial charge in [-0.3, -0.25) is 19.8 Å². The number of carbonyl (C=O) groups excluding carboxylic acids is 1. The second-order valence-corrected chi connectivity index (χ2v) is 7.29. The Labute approximate surface area is 187 Å². The van der Waals surface area contributed by atoms with Gasteiger partial charge < -0.3 is 14.5 Å². The van der Waals surface area contributed by atoms with E-state index in [0.29, 0.717) is 28.5 Å². The van der Waals surface area contributed by atoms with Crippen LogP contribution in [-0.2, 0) is 11.4 Å². The van der Waals surface area contributed by atoms with E-state index in [0.717, 1.165) is 0 Å². The van der Waals surface area contributed by atoms with Gasteiger partial charge in [0.2, 0.25) is 0 Å². The minimum absolute atomic E-state index is 0.0191. The zero-order valence-electron chi connectivity index (χ0n) is 16.7. The van der Waals surface area contributed by atoms with Crippen molar-refractivity contribution in [2.24, 2.45) is 0 Å². The average Bonchev–Trinajstić information content (AvgIpc) is 3.31. The predicted octanol–water partition coefficient (Wildman–Crippen LogP) is 4.48. The summed E-state index contributed by atoms with van der Waals surface area (Å²) in [7, 11) is 0. The molecular formula is C22H16FN3O5S. The maximum atomic E-state index is 13.2. The lowest BCUT2D eigenvalue weighted by molar-refractivity contribution is -0.385. The molecule has 1 amide bonds. The number of anilines is 1. The molecule has 0 radical (unpaired) electrons. The second kappa shape index (κ2) is 8.60. The first kappa shape index (κ1) is 21.2. The number of rotatable bonds is 6. The maximum absolute atomic E-state index is 13.2. The molecule has 4 rings (SSSR count). The number of aryl methyl sites for hydroxylation is 1. The number of thiocarbonyl (C=S) groups is 1. The molecule has 1 fully saturated rings. The summed E-state index contributed by atoms with van der Waals surface area (Å²) in [5.41, 5.74) is 1.17. The van der Waals surface area contributed by atoms with Gasteiger partial charge in [-0.25, -0.2) is 4.39 Å². The highest BCUT2D eigenvalue weighted by atomic mass is 32.1. The van der Waals surface area contributed by atoms with E-state index in [2.05, 4.69) is 5.32 Å². The van der Waals surface area contributed by atoms with Crippen LogP contribution in [0.3, 0.4) is 0 Å². The first-order valence-electron chi connectivity index (χ1n) is 9.41. The number of nitro benzene ring substituents is 1. The summed E-state index contributed by atoms with van der Waals surface area (Å²) >= 11 is 5.23. The predicted molar refractivity (Wildman–Crippen MR) is 118 cm³/mol. The van der Waals surface area contributed by atoms with Crippen molar-refractivity contribution < 1.29 is 23.3 Å². The molecule has 1 saturated heterocycles. The number of nitro groups is 1. The van der Waals surface area contributed by atoms with Gasteiger partial charge in [0.15, 0.2) is 5.11 Å². The van der Waals surface area contributed by atoms with Gasteiger partial charge in [-0.15, -0.1) is 0 Å². The SMILES string of the molecule is Cc1cc(OCc2ccc(/C=C3/NC(=S)N(c4ccc(F)cc4)C3=O)o2)ccc1[N+](=O)[O-].